The lowest BCUT2D eigenvalue weighted by molar-refractivity contribution is 0.321. The summed E-state index contributed by atoms with van der Waals surface area (Å²) < 4.78 is 0. The quantitative estimate of drug-likeness (QED) is 0.584. The zero-order valence-corrected chi connectivity index (χ0v) is 7.10. The van der Waals surface area contributed by atoms with Crippen LogP contribution in [-0.2, 0) is 0 Å². The van der Waals surface area contributed by atoms with Gasteiger partial charge in [-0.05, 0) is 50.1 Å². The molecule has 0 bridgehead atoms. The fourth-order valence-electron chi connectivity index (χ4n) is 2.71. The fourth-order valence-corrected chi connectivity index (χ4v) is 2.71. The molecule has 2 heteroatoms. The van der Waals surface area contributed by atoms with Crippen molar-refractivity contribution in [2.24, 2.45) is 17.1 Å². The number of nitrogens with one attached hydrogen (secondary N) is 1. The minimum Gasteiger partial charge on any atom is -0.330 e. The lowest BCUT2D eigenvalue weighted by Gasteiger charge is -2.21. The average Bonchev–Trinajstić information content (AvgIpc) is 2.62. The molecule has 0 radical (unpaired) electrons. The van der Waals surface area contributed by atoms with Gasteiger partial charge in [0.15, 0.2) is 0 Å². The molecule has 2 nitrogen and oxygen atoms in total. The van der Waals surface area contributed by atoms with E-state index in [9.17, 15) is 0 Å². The second-order valence-electron chi connectivity index (χ2n) is 4.27. The van der Waals surface area contributed by atoms with Crippen LogP contribution in [0.3, 0.4) is 0 Å². The van der Waals surface area contributed by atoms with Gasteiger partial charge in [0.2, 0.25) is 0 Å². The van der Waals surface area contributed by atoms with Gasteiger partial charge in [0.05, 0.1) is 0 Å². The van der Waals surface area contributed by atoms with E-state index >= 15 is 0 Å². The summed E-state index contributed by atoms with van der Waals surface area (Å²) in [5.41, 5.74) is 6.33. The Labute approximate surface area is 68.5 Å². The highest BCUT2D eigenvalue weighted by Gasteiger charge is 2.40. The molecule has 0 aromatic carbocycles. The Hall–Kier alpha value is -0.0800. The molecule has 1 aliphatic carbocycles. The Morgan fingerprint density at radius 3 is 2.91 bits per heavy atom. The number of nitrogens with two attached hydrogens (primary N) is 1. The van der Waals surface area contributed by atoms with Crippen molar-refractivity contribution < 1.29 is 0 Å². The summed E-state index contributed by atoms with van der Waals surface area (Å²) in [6.07, 6.45) is 5.57. The zero-order chi connectivity index (χ0) is 7.73. The van der Waals surface area contributed by atoms with Gasteiger partial charge in [-0.15, -0.1) is 0 Å². The van der Waals surface area contributed by atoms with Crippen molar-refractivity contribution in [3.05, 3.63) is 0 Å². The van der Waals surface area contributed by atoms with Crippen LogP contribution in [0, 0.1) is 11.3 Å². The fraction of sp³-hybridized carbons (Fsp3) is 1.00. The molecule has 0 aromatic rings. The molecule has 64 valence electrons. The van der Waals surface area contributed by atoms with Crippen LogP contribution < -0.4 is 11.1 Å². The molecule has 2 aliphatic rings. The molecule has 0 aromatic heterocycles. The zero-order valence-electron chi connectivity index (χ0n) is 7.10. The average molecular weight is 154 g/mol. The molecular weight excluding hydrogens is 136 g/mol. The molecule has 1 saturated carbocycles. The second-order valence-corrected chi connectivity index (χ2v) is 4.27. The van der Waals surface area contributed by atoms with Crippen LogP contribution in [0.2, 0.25) is 0 Å². The van der Waals surface area contributed by atoms with E-state index in [4.69, 9.17) is 5.73 Å². The van der Waals surface area contributed by atoms with Gasteiger partial charge < -0.3 is 11.1 Å². The third kappa shape index (κ3) is 1.30. The number of rotatable bonds is 1. The van der Waals surface area contributed by atoms with Crippen molar-refractivity contribution >= 4 is 0 Å². The van der Waals surface area contributed by atoms with Crippen molar-refractivity contribution in [1.82, 2.24) is 5.32 Å². The van der Waals surface area contributed by atoms with Gasteiger partial charge in [-0.1, -0.05) is 0 Å². The molecule has 0 unspecified atom stereocenters. The SMILES string of the molecule is NC[C@@H]1CC[C@]2(CCNC2)C1. The normalized spacial score (nSPS) is 43.9. The minimum absolute atomic E-state index is 0.671. The summed E-state index contributed by atoms with van der Waals surface area (Å²) in [7, 11) is 0. The summed E-state index contributed by atoms with van der Waals surface area (Å²) in [5.74, 6) is 0.829. The third-order valence-corrected chi connectivity index (χ3v) is 3.47. The van der Waals surface area contributed by atoms with E-state index in [0.717, 1.165) is 12.5 Å². The number of hydrogen-bond acceptors (Lipinski definition) is 2. The summed E-state index contributed by atoms with van der Waals surface area (Å²) in [6.45, 7) is 3.39. The van der Waals surface area contributed by atoms with E-state index in [2.05, 4.69) is 5.32 Å². The van der Waals surface area contributed by atoms with Crippen molar-refractivity contribution in [2.75, 3.05) is 19.6 Å². The number of hydrogen-bond donors (Lipinski definition) is 2. The Balaban J connectivity index is 1.96. The van der Waals surface area contributed by atoms with E-state index in [1.165, 1.54) is 38.8 Å². The van der Waals surface area contributed by atoms with Gasteiger partial charge in [0, 0.05) is 6.54 Å². The van der Waals surface area contributed by atoms with E-state index < -0.39 is 0 Å². The molecule has 1 saturated heterocycles. The van der Waals surface area contributed by atoms with Crippen LogP contribution in [0.25, 0.3) is 0 Å². The molecule has 1 spiro atoms. The molecule has 11 heavy (non-hydrogen) atoms. The summed E-state index contributed by atoms with van der Waals surface area (Å²) >= 11 is 0. The van der Waals surface area contributed by atoms with Crippen molar-refractivity contribution in [3.63, 3.8) is 0 Å². The lowest BCUT2D eigenvalue weighted by atomic mass is 9.84. The maximum Gasteiger partial charge on any atom is 0.000840 e. The predicted octanol–water partition coefficient (Wildman–Crippen LogP) is 0.725. The highest BCUT2D eigenvalue weighted by molar-refractivity contribution is 4.94. The minimum atomic E-state index is 0.671. The first kappa shape index (κ1) is 7.56. The highest BCUT2D eigenvalue weighted by Crippen LogP contribution is 2.45. The molecular formula is C9H18N2. The van der Waals surface area contributed by atoms with Gasteiger partial charge in [0.1, 0.15) is 0 Å². The molecule has 2 atom stereocenters. The van der Waals surface area contributed by atoms with Crippen molar-refractivity contribution in [1.29, 1.82) is 0 Å². The smallest absolute Gasteiger partial charge is 0.000840 e. The van der Waals surface area contributed by atoms with Crippen LogP contribution in [0.5, 0.6) is 0 Å². The van der Waals surface area contributed by atoms with Gasteiger partial charge in [-0.3, -0.25) is 0 Å². The molecule has 2 fully saturated rings. The molecule has 3 N–H and O–H groups in total. The van der Waals surface area contributed by atoms with Gasteiger partial charge >= 0.3 is 0 Å². The first-order valence-electron chi connectivity index (χ1n) is 4.75. The topological polar surface area (TPSA) is 38.0 Å². The van der Waals surface area contributed by atoms with Gasteiger partial charge in [-0.25, -0.2) is 0 Å². The van der Waals surface area contributed by atoms with Crippen LogP contribution >= 0.6 is 0 Å². The van der Waals surface area contributed by atoms with Gasteiger partial charge in [-0.2, -0.15) is 0 Å². The summed E-state index contributed by atoms with van der Waals surface area (Å²) in [6, 6.07) is 0. The van der Waals surface area contributed by atoms with Crippen LogP contribution in [0.4, 0.5) is 0 Å². The van der Waals surface area contributed by atoms with Crippen LogP contribution in [-0.4, -0.2) is 19.6 Å². The van der Waals surface area contributed by atoms with Crippen molar-refractivity contribution in [2.45, 2.75) is 25.7 Å². The van der Waals surface area contributed by atoms with E-state index in [0.29, 0.717) is 5.41 Å². The predicted molar refractivity (Wildman–Crippen MR) is 46.3 cm³/mol. The van der Waals surface area contributed by atoms with E-state index in [-0.39, 0.29) is 0 Å². The molecule has 1 heterocycles. The van der Waals surface area contributed by atoms with Crippen LogP contribution in [0.1, 0.15) is 25.7 Å². The monoisotopic (exact) mass is 154 g/mol. The standard InChI is InChI=1S/C9H18N2/c10-6-8-1-2-9(5-8)3-4-11-7-9/h8,11H,1-7,10H2/t8-,9+/m1/s1. The molecule has 2 rings (SSSR count). The first-order valence-corrected chi connectivity index (χ1v) is 4.75. The maximum atomic E-state index is 5.66. The molecule has 1 aliphatic heterocycles. The van der Waals surface area contributed by atoms with Crippen molar-refractivity contribution in [3.8, 4) is 0 Å². The Kier molecular flexibility index (Phi) is 1.90. The highest BCUT2D eigenvalue weighted by atomic mass is 14.9. The lowest BCUT2D eigenvalue weighted by Crippen LogP contribution is -2.21. The van der Waals surface area contributed by atoms with E-state index in [1.54, 1.807) is 0 Å². The molecule has 0 amide bonds. The Morgan fingerprint density at radius 2 is 2.36 bits per heavy atom. The summed E-state index contributed by atoms with van der Waals surface area (Å²) in [4.78, 5) is 0. The van der Waals surface area contributed by atoms with Gasteiger partial charge in [0.25, 0.3) is 0 Å². The largest absolute Gasteiger partial charge is 0.330 e. The summed E-state index contributed by atoms with van der Waals surface area (Å²) in [5, 5.41) is 3.46. The second kappa shape index (κ2) is 2.76. The first-order chi connectivity index (χ1) is 5.35. The Bertz CT molecular complexity index is 138. The maximum absolute atomic E-state index is 5.66. The van der Waals surface area contributed by atoms with E-state index in [1.807, 2.05) is 0 Å². The third-order valence-electron chi connectivity index (χ3n) is 3.47. The van der Waals surface area contributed by atoms with Crippen LogP contribution in [0.15, 0.2) is 0 Å². The Morgan fingerprint density at radius 1 is 1.45 bits per heavy atom.